The van der Waals surface area contributed by atoms with Crippen molar-refractivity contribution >= 4 is 5.91 Å². The fraction of sp³-hybridized carbons (Fsp3) is 0.636. The molecule has 6 heteroatoms. The van der Waals surface area contributed by atoms with E-state index in [9.17, 15) is 4.79 Å². The van der Waals surface area contributed by atoms with E-state index < -0.39 is 6.04 Å². The number of aromatic amines is 1. The summed E-state index contributed by atoms with van der Waals surface area (Å²) in [5, 5.41) is 2.86. The maximum absolute atomic E-state index is 11.8. The molecule has 4 N–H and O–H groups in total. The van der Waals surface area contributed by atoms with Crippen LogP contribution >= 0.6 is 0 Å². The molecule has 17 heavy (non-hydrogen) atoms. The standard InChI is InChI=1S/C11H20N4O2/c1-3-9(10-13-5-6-14-10)15-11(16)8(12)4-7-17-2/h5-6,8-9H,3-4,7,12H2,1-2H3,(H,13,14)(H,15,16). The highest BCUT2D eigenvalue weighted by atomic mass is 16.5. The third-order valence-corrected chi connectivity index (χ3v) is 2.54. The summed E-state index contributed by atoms with van der Waals surface area (Å²) >= 11 is 0. The lowest BCUT2D eigenvalue weighted by Crippen LogP contribution is -2.42. The summed E-state index contributed by atoms with van der Waals surface area (Å²) in [5.41, 5.74) is 5.74. The SMILES string of the molecule is CCC(NC(=O)C(N)CCOC)c1ncc[nH]1. The van der Waals surface area contributed by atoms with E-state index in [-0.39, 0.29) is 11.9 Å². The quantitative estimate of drug-likeness (QED) is 0.640. The highest BCUT2D eigenvalue weighted by Gasteiger charge is 2.19. The van der Waals surface area contributed by atoms with Crippen LogP contribution in [-0.2, 0) is 9.53 Å². The van der Waals surface area contributed by atoms with Gasteiger partial charge in [-0.05, 0) is 12.8 Å². The fourth-order valence-electron chi connectivity index (χ4n) is 1.49. The molecule has 0 aliphatic heterocycles. The Bertz CT molecular complexity index is 326. The lowest BCUT2D eigenvalue weighted by molar-refractivity contribution is -0.123. The van der Waals surface area contributed by atoms with E-state index >= 15 is 0 Å². The van der Waals surface area contributed by atoms with Gasteiger partial charge in [-0.2, -0.15) is 0 Å². The van der Waals surface area contributed by atoms with E-state index in [0.29, 0.717) is 13.0 Å². The predicted octanol–water partition coefficient (Wildman–Crippen LogP) is 0.341. The summed E-state index contributed by atoms with van der Waals surface area (Å²) < 4.78 is 4.89. The van der Waals surface area contributed by atoms with Crippen molar-refractivity contribution in [2.75, 3.05) is 13.7 Å². The zero-order valence-corrected chi connectivity index (χ0v) is 10.3. The molecule has 2 unspecified atom stereocenters. The number of ether oxygens (including phenoxy) is 1. The van der Waals surface area contributed by atoms with E-state index in [1.807, 2.05) is 6.92 Å². The van der Waals surface area contributed by atoms with Crippen molar-refractivity contribution in [1.82, 2.24) is 15.3 Å². The van der Waals surface area contributed by atoms with Crippen LogP contribution in [-0.4, -0.2) is 35.6 Å². The first-order chi connectivity index (χ1) is 8.19. The van der Waals surface area contributed by atoms with Crippen LogP contribution in [0.25, 0.3) is 0 Å². The minimum absolute atomic E-state index is 0.119. The lowest BCUT2D eigenvalue weighted by atomic mass is 10.1. The van der Waals surface area contributed by atoms with E-state index in [0.717, 1.165) is 12.2 Å². The van der Waals surface area contributed by atoms with Crippen molar-refractivity contribution in [3.8, 4) is 0 Å². The summed E-state index contributed by atoms with van der Waals surface area (Å²) in [6.07, 6.45) is 4.66. The van der Waals surface area contributed by atoms with Gasteiger partial charge in [-0.15, -0.1) is 0 Å². The average Bonchev–Trinajstić information content (AvgIpc) is 2.86. The third-order valence-electron chi connectivity index (χ3n) is 2.54. The molecule has 0 saturated heterocycles. The second kappa shape index (κ2) is 7.03. The fourth-order valence-corrected chi connectivity index (χ4v) is 1.49. The number of H-pyrrole nitrogens is 1. The van der Waals surface area contributed by atoms with Gasteiger partial charge < -0.3 is 20.8 Å². The van der Waals surface area contributed by atoms with E-state index in [1.165, 1.54) is 0 Å². The molecule has 0 fully saturated rings. The van der Waals surface area contributed by atoms with E-state index in [2.05, 4.69) is 15.3 Å². The van der Waals surface area contributed by atoms with Crippen LogP contribution in [0.1, 0.15) is 31.6 Å². The van der Waals surface area contributed by atoms with Crippen LogP contribution in [0.4, 0.5) is 0 Å². The van der Waals surface area contributed by atoms with Crippen molar-refractivity contribution in [3.63, 3.8) is 0 Å². The number of carbonyl (C=O) groups is 1. The van der Waals surface area contributed by atoms with Crippen LogP contribution in [0, 0.1) is 0 Å². The van der Waals surface area contributed by atoms with E-state index in [4.69, 9.17) is 10.5 Å². The van der Waals surface area contributed by atoms with Crippen molar-refractivity contribution in [1.29, 1.82) is 0 Å². The molecule has 0 aliphatic carbocycles. The third kappa shape index (κ3) is 4.16. The number of carbonyl (C=O) groups excluding carboxylic acids is 1. The molecular weight excluding hydrogens is 220 g/mol. The Morgan fingerprint density at radius 1 is 1.71 bits per heavy atom. The number of nitrogens with two attached hydrogens (primary N) is 1. The molecule has 1 rings (SSSR count). The largest absolute Gasteiger partial charge is 0.385 e. The molecule has 1 heterocycles. The van der Waals surface area contributed by atoms with Gasteiger partial charge in [-0.3, -0.25) is 4.79 Å². The zero-order chi connectivity index (χ0) is 12.7. The molecule has 1 aromatic heterocycles. The maximum atomic E-state index is 11.8. The highest BCUT2D eigenvalue weighted by Crippen LogP contribution is 2.11. The number of amides is 1. The van der Waals surface area contributed by atoms with Crippen LogP contribution in [0.5, 0.6) is 0 Å². The Labute approximate surface area is 101 Å². The molecule has 0 saturated carbocycles. The summed E-state index contributed by atoms with van der Waals surface area (Å²) in [6, 6.07) is -0.662. The van der Waals surface area contributed by atoms with E-state index in [1.54, 1.807) is 19.5 Å². The molecule has 2 atom stereocenters. The zero-order valence-electron chi connectivity index (χ0n) is 10.3. The van der Waals surface area contributed by atoms with Gasteiger partial charge in [0.25, 0.3) is 0 Å². The summed E-state index contributed by atoms with van der Waals surface area (Å²) in [4.78, 5) is 18.9. The first-order valence-electron chi connectivity index (χ1n) is 5.73. The molecule has 6 nitrogen and oxygen atoms in total. The van der Waals surface area contributed by atoms with Gasteiger partial charge in [0, 0.05) is 26.1 Å². The van der Waals surface area contributed by atoms with Gasteiger partial charge in [0.15, 0.2) is 0 Å². The minimum atomic E-state index is -0.543. The number of nitrogens with one attached hydrogen (secondary N) is 2. The number of hydrogen-bond donors (Lipinski definition) is 3. The van der Waals surface area contributed by atoms with Crippen molar-refractivity contribution < 1.29 is 9.53 Å². The van der Waals surface area contributed by atoms with Gasteiger partial charge in [0.1, 0.15) is 5.82 Å². The Morgan fingerprint density at radius 3 is 3.00 bits per heavy atom. The normalized spacial score (nSPS) is 14.3. The second-order valence-electron chi connectivity index (χ2n) is 3.83. The van der Waals surface area contributed by atoms with Crippen LogP contribution in [0.15, 0.2) is 12.4 Å². The molecule has 0 radical (unpaired) electrons. The Kier molecular flexibility index (Phi) is 5.65. The number of aromatic nitrogens is 2. The Morgan fingerprint density at radius 2 is 2.47 bits per heavy atom. The predicted molar refractivity (Wildman–Crippen MR) is 64.2 cm³/mol. The molecule has 1 aromatic rings. The number of rotatable bonds is 7. The summed E-state index contributed by atoms with van der Waals surface area (Å²) in [5.74, 6) is 0.574. The molecule has 0 aliphatic rings. The smallest absolute Gasteiger partial charge is 0.237 e. The van der Waals surface area contributed by atoms with Gasteiger partial charge in [0.05, 0.1) is 12.1 Å². The Hall–Kier alpha value is -1.40. The minimum Gasteiger partial charge on any atom is -0.385 e. The average molecular weight is 240 g/mol. The lowest BCUT2D eigenvalue weighted by Gasteiger charge is -2.18. The summed E-state index contributed by atoms with van der Waals surface area (Å²) in [6.45, 7) is 2.46. The molecule has 0 spiro atoms. The molecule has 96 valence electrons. The molecular formula is C11H20N4O2. The van der Waals surface area contributed by atoms with Gasteiger partial charge in [-0.25, -0.2) is 4.98 Å². The Balaban J connectivity index is 2.48. The maximum Gasteiger partial charge on any atom is 0.237 e. The van der Waals surface area contributed by atoms with Gasteiger partial charge in [-0.1, -0.05) is 6.92 Å². The number of nitrogens with zero attached hydrogens (tertiary/aromatic N) is 1. The van der Waals surface area contributed by atoms with Crippen molar-refractivity contribution in [3.05, 3.63) is 18.2 Å². The first-order valence-corrected chi connectivity index (χ1v) is 5.73. The highest BCUT2D eigenvalue weighted by molar-refractivity contribution is 5.81. The molecule has 0 bridgehead atoms. The number of imidazole rings is 1. The number of hydrogen-bond acceptors (Lipinski definition) is 4. The van der Waals surface area contributed by atoms with Crippen LogP contribution in [0.3, 0.4) is 0 Å². The van der Waals surface area contributed by atoms with Crippen molar-refractivity contribution in [2.24, 2.45) is 5.73 Å². The van der Waals surface area contributed by atoms with Gasteiger partial charge >= 0.3 is 0 Å². The monoisotopic (exact) mass is 240 g/mol. The number of methoxy groups -OCH3 is 1. The molecule has 0 aromatic carbocycles. The van der Waals surface area contributed by atoms with Crippen LogP contribution < -0.4 is 11.1 Å². The first kappa shape index (κ1) is 13.7. The molecule has 1 amide bonds. The summed E-state index contributed by atoms with van der Waals surface area (Å²) in [7, 11) is 1.59. The van der Waals surface area contributed by atoms with Gasteiger partial charge in [0.2, 0.25) is 5.91 Å². The van der Waals surface area contributed by atoms with Crippen molar-refractivity contribution in [2.45, 2.75) is 31.8 Å². The topological polar surface area (TPSA) is 93.0 Å². The second-order valence-corrected chi connectivity index (χ2v) is 3.83. The van der Waals surface area contributed by atoms with Crippen LogP contribution in [0.2, 0.25) is 0 Å².